The number of amides is 1. The van der Waals surface area contributed by atoms with E-state index in [0.717, 1.165) is 11.1 Å². The van der Waals surface area contributed by atoms with E-state index in [1.807, 2.05) is 29.7 Å². The van der Waals surface area contributed by atoms with Crippen LogP contribution >= 0.6 is 23.2 Å². The third-order valence-electron chi connectivity index (χ3n) is 4.83. The van der Waals surface area contributed by atoms with Crippen molar-refractivity contribution in [2.75, 3.05) is 5.32 Å². The third-order valence-corrected chi connectivity index (χ3v) is 5.38. The van der Waals surface area contributed by atoms with Crippen molar-refractivity contribution in [2.45, 2.75) is 20.3 Å². The van der Waals surface area contributed by atoms with Crippen LogP contribution in [0.2, 0.25) is 10.0 Å². The average Bonchev–Trinajstić information content (AvgIpc) is 3.04. The van der Waals surface area contributed by atoms with Crippen molar-refractivity contribution in [1.82, 2.24) is 9.38 Å². The molecule has 0 saturated heterocycles. The van der Waals surface area contributed by atoms with Crippen LogP contribution in [0.5, 0.6) is 0 Å². The fraction of sp³-hybridized carbons (Fsp3) is 0.130. The standard InChI is InChI=1S/C23H18Cl2FN3O/c1-13-3-8-21-28-23(15-4-6-18(26)14(2)9-15)20(29(21)12-13)11-22(30)27-19-7-5-16(24)10-17(19)25/h3-10,12H,11H2,1-2H3,(H,27,30). The van der Waals surface area contributed by atoms with Gasteiger partial charge in [-0.25, -0.2) is 9.37 Å². The predicted octanol–water partition coefficient (Wildman–Crippen LogP) is 6.25. The van der Waals surface area contributed by atoms with Crippen molar-refractivity contribution in [3.63, 3.8) is 0 Å². The summed E-state index contributed by atoms with van der Waals surface area (Å²) in [5.41, 5.74) is 4.85. The number of hydrogen-bond donors (Lipinski definition) is 1. The highest BCUT2D eigenvalue weighted by molar-refractivity contribution is 6.36. The lowest BCUT2D eigenvalue weighted by atomic mass is 10.1. The monoisotopic (exact) mass is 441 g/mol. The molecule has 0 atom stereocenters. The summed E-state index contributed by atoms with van der Waals surface area (Å²) >= 11 is 12.1. The number of nitrogens with one attached hydrogen (secondary N) is 1. The molecule has 0 aliphatic heterocycles. The van der Waals surface area contributed by atoms with Crippen molar-refractivity contribution in [3.8, 4) is 11.3 Å². The molecule has 2 aromatic carbocycles. The van der Waals surface area contributed by atoms with E-state index in [1.165, 1.54) is 6.07 Å². The Kier molecular flexibility index (Phi) is 5.50. The predicted molar refractivity (Wildman–Crippen MR) is 119 cm³/mol. The number of rotatable bonds is 4. The molecule has 0 unspecified atom stereocenters. The molecule has 0 saturated carbocycles. The maximum Gasteiger partial charge on any atom is 0.230 e. The summed E-state index contributed by atoms with van der Waals surface area (Å²) in [5, 5.41) is 3.67. The van der Waals surface area contributed by atoms with Crippen LogP contribution in [0.1, 0.15) is 16.8 Å². The molecule has 30 heavy (non-hydrogen) atoms. The second-order valence-corrected chi connectivity index (χ2v) is 8.00. The number of carbonyl (C=O) groups excluding carboxylic acids is 1. The summed E-state index contributed by atoms with van der Waals surface area (Å²) in [4.78, 5) is 17.5. The van der Waals surface area contributed by atoms with E-state index in [-0.39, 0.29) is 18.1 Å². The van der Waals surface area contributed by atoms with Gasteiger partial charge in [-0.15, -0.1) is 0 Å². The van der Waals surface area contributed by atoms with Crippen molar-refractivity contribution in [1.29, 1.82) is 0 Å². The lowest BCUT2D eigenvalue weighted by Gasteiger charge is -2.10. The van der Waals surface area contributed by atoms with E-state index in [1.54, 1.807) is 37.3 Å². The number of imidazole rings is 1. The summed E-state index contributed by atoms with van der Waals surface area (Å²) in [5.74, 6) is -0.530. The summed E-state index contributed by atoms with van der Waals surface area (Å²) in [6.07, 6.45) is 2.00. The summed E-state index contributed by atoms with van der Waals surface area (Å²) in [7, 11) is 0. The highest BCUT2D eigenvalue weighted by atomic mass is 35.5. The van der Waals surface area contributed by atoms with Gasteiger partial charge in [-0.3, -0.25) is 4.79 Å². The first-order chi connectivity index (χ1) is 14.3. The maximum absolute atomic E-state index is 13.8. The van der Waals surface area contributed by atoms with Gasteiger partial charge in [-0.2, -0.15) is 0 Å². The minimum Gasteiger partial charge on any atom is -0.324 e. The van der Waals surface area contributed by atoms with E-state index in [9.17, 15) is 9.18 Å². The molecule has 0 spiro atoms. The topological polar surface area (TPSA) is 46.4 Å². The third kappa shape index (κ3) is 4.04. The number of aryl methyl sites for hydroxylation is 2. The molecule has 2 heterocycles. The van der Waals surface area contributed by atoms with Gasteiger partial charge >= 0.3 is 0 Å². The van der Waals surface area contributed by atoms with E-state index in [2.05, 4.69) is 5.32 Å². The first-order valence-corrected chi connectivity index (χ1v) is 10.1. The summed E-state index contributed by atoms with van der Waals surface area (Å²) < 4.78 is 15.7. The van der Waals surface area contributed by atoms with Gasteiger partial charge in [-0.05, 0) is 67.4 Å². The maximum atomic E-state index is 13.8. The van der Waals surface area contributed by atoms with Crippen LogP contribution in [0, 0.1) is 19.7 Å². The fourth-order valence-electron chi connectivity index (χ4n) is 3.33. The zero-order valence-corrected chi connectivity index (χ0v) is 17.9. The molecule has 4 nitrogen and oxygen atoms in total. The smallest absolute Gasteiger partial charge is 0.230 e. The second kappa shape index (κ2) is 8.09. The zero-order valence-electron chi connectivity index (χ0n) is 16.3. The van der Waals surface area contributed by atoms with E-state index < -0.39 is 0 Å². The molecule has 1 amide bonds. The first kappa shape index (κ1) is 20.4. The molecule has 1 N–H and O–H groups in total. The van der Waals surface area contributed by atoms with Gasteiger partial charge in [0.15, 0.2) is 0 Å². The molecule has 152 valence electrons. The zero-order chi connectivity index (χ0) is 21.4. The number of fused-ring (bicyclic) bond motifs is 1. The van der Waals surface area contributed by atoms with Gasteiger partial charge in [0.05, 0.1) is 28.5 Å². The van der Waals surface area contributed by atoms with Gasteiger partial charge < -0.3 is 9.72 Å². The second-order valence-electron chi connectivity index (χ2n) is 7.15. The molecule has 4 aromatic rings. The van der Waals surface area contributed by atoms with Gasteiger partial charge in [0, 0.05) is 16.8 Å². The molecular formula is C23H18Cl2FN3O. The number of carbonyl (C=O) groups is 1. The molecule has 4 rings (SSSR count). The summed E-state index contributed by atoms with van der Waals surface area (Å²) in [6.45, 7) is 3.67. The Morgan fingerprint density at radius 3 is 2.63 bits per heavy atom. The van der Waals surface area contributed by atoms with Gasteiger partial charge in [-0.1, -0.05) is 29.3 Å². The van der Waals surface area contributed by atoms with Gasteiger partial charge in [0.1, 0.15) is 11.5 Å². The lowest BCUT2D eigenvalue weighted by molar-refractivity contribution is -0.115. The van der Waals surface area contributed by atoms with Crippen molar-refractivity contribution in [3.05, 3.63) is 87.4 Å². The SMILES string of the molecule is Cc1ccc2nc(-c3ccc(F)c(C)c3)c(CC(=O)Nc3ccc(Cl)cc3Cl)n2c1. The molecule has 0 aliphatic rings. The van der Waals surface area contributed by atoms with Crippen molar-refractivity contribution < 1.29 is 9.18 Å². The summed E-state index contributed by atoms with van der Waals surface area (Å²) in [6, 6.07) is 13.6. The Bertz CT molecular complexity index is 1280. The van der Waals surface area contributed by atoms with Crippen LogP contribution in [0.15, 0.2) is 54.7 Å². The highest BCUT2D eigenvalue weighted by Gasteiger charge is 2.18. The number of halogens is 3. The van der Waals surface area contributed by atoms with Crippen LogP contribution in [0.25, 0.3) is 16.9 Å². The van der Waals surface area contributed by atoms with Crippen molar-refractivity contribution in [2.24, 2.45) is 0 Å². The molecule has 2 aromatic heterocycles. The minimum absolute atomic E-state index is 0.0648. The molecule has 0 fully saturated rings. The number of hydrogen-bond acceptors (Lipinski definition) is 2. The van der Waals surface area contributed by atoms with Gasteiger partial charge in [0.25, 0.3) is 0 Å². The normalized spacial score (nSPS) is 11.1. The van der Waals surface area contributed by atoms with E-state index in [0.29, 0.717) is 38.3 Å². The molecule has 0 aliphatic carbocycles. The Morgan fingerprint density at radius 2 is 1.90 bits per heavy atom. The lowest BCUT2D eigenvalue weighted by Crippen LogP contribution is -2.16. The fourth-order valence-corrected chi connectivity index (χ4v) is 3.78. The average molecular weight is 442 g/mol. The Labute approximate surface area is 183 Å². The Balaban J connectivity index is 1.75. The van der Waals surface area contributed by atoms with Crippen LogP contribution < -0.4 is 5.32 Å². The van der Waals surface area contributed by atoms with Crippen LogP contribution in [0.4, 0.5) is 10.1 Å². The minimum atomic E-state index is -0.282. The molecule has 7 heteroatoms. The largest absolute Gasteiger partial charge is 0.324 e. The van der Waals surface area contributed by atoms with Gasteiger partial charge in [0.2, 0.25) is 5.91 Å². The Morgan fingerprint density at radius 1 is 1.10 bits per heavy atom. The number of aromatic nitrogens is 2. The molecular weight excluding hydrogens is 424 g/mol. The van der Waals surface area contributed by atoms with Crippen LogP contribution in [0.3, 0.4) is 0 Å². The number of benzene rings is 2. The van der Waals surface area contributed by atoms with Crippen molar-refractivity contribution >= 4 is 40.4 Å². The molecule has 0 radical (unpaired) electrons. The number of nitrogens with zero attached hydrogens (tertiary/aromatic N) is 2. The van der Waals surface area contributed by atoms with Crippen LogP contribution in [-0.4, -0.2) is 15.3 Å². The number of anilines is 1. The number of pyridine rings is 1. The first-order valence-electron chi connectivity index (χ1n) is 9.31. The molecule has 0 bridgehead atoms. The van der Waals surface area contributed by atoms with E-state index in [4.69, 9.17) is 28.2 Å². The van der Waals surface area contributed by atoms with E-state index >= 15 is 0 Å². The quantitative estimate of drug-likeness (QED) is 0.406. The Hall–Kier alpha value is -2.89. The van der Waals surface area contributed by atoms with Crippen LogP contribution in [-0.2, 0) is 11.2 Å². The highest BCUT2D eigenvalue weighted by Crippen LogP contribution is 2.29.